The molecule has 1 amide bonds. The molecule has 0 radical (unpaired) electrons. The molecular formula is C36H73N2O6P. The lowest BCUT2D eigenvalue weighted by atomic mass is 10.0. The average Bonchev–Trinajstić information content (AvgIpc) is 3.02. The Hall–Kier alpha value is -0.760. The summed E-state index contributed by atoms with van der Waals surface area (Å²) >= 11 is 0. The van der Waals surface area contributed by atoms with Gasteiger partial charge in [0.25, 0.3) is 0 Å². The number of rotatable bonds is 35. The second-order valence-electron chi connectivity index (χ2n) is 12.8. The van der Waals surface area contributed by atoms with E-state index in [-0.39, 0.29) is 25.7 Å². The number of allylic oxidation sites excluding steroid dienone is 1. The molecule has 0 bridgehead atoms. The monoisotopic (exact) mass is 661 g/mol. The molecule has 0 rings (SSSR count). The molecule has 0 aromatic rings. The summed E-state index contributed by atoms with van der Waals surface area (Å²) in [6, 6.07) is -0.852. The van der Waals surface area contributed by atoms with E-state index in [9.17, 15) is 19.4 Å². The maximum atomic E-state index is 12.7. The van der Waals surface area contributed by atoms with Crippen molar-refractivity contribution < 1.29 is 28.4 Å². The summed E-state index contributed by atoms with van der Waals surface area (Å²) in [6.45, 7) is 4.11. The standard InChI is InChI=1S/C36H73N2O6P/c1-3-5-7-9-11-13-15-16-17-18-19-20-22-24-26-28-30-36(40)38-34(33-44-45(41,42)43-32-31-37)35(39)29-27-25-23-21-14-12-10-8-6-4-2/h27,29,34-35,39H,3-26,28,30-33,37H2,1-2H3,(H,38,40)(H,41,42)/b29-27+. The third-order valence-corrected chi connectivity index (χ3v) is 9.35. The average molecular weight is 661 g/mol. The van der Waals surface area contributed by atoms with E-state index in [0.29, 0.717) is 6.42 Å². The van der Waals surface area contributed by atoms with E-state index in [1.165, 1.54) is 122 Å². The van der Waals surface area contributed by atoms with Gasteiger partial charge < -0.3 is 21.1 Å². The maximum Gasteiger partial charge on any atom is 0.472 e. The molecule has 0 spiro atoms. The first-order valence-corrected chi connectivity index (χ1v) is 20.3. The van der Waals surface area contributed by atoms with E-state index >= 15 is 0 Å². The van der Waals surface area contributed by atoms with Gasteiger partial charge in [-0.25, -0.2) is 4.57 Å². The molecule has 0 aliphatic rings. The van der Waals surface area contributed by atoms with Crippen molar-refractivity contribution in [1.29, 1.82) is 0 Å². The number of aliphatic hydroxyl groups excluding tert-OH is 1. The quantitative estimate of drug-likeness (QED) is 0.0302. The van der Waals surface area contributed by atoms with E-state index in [2.05, 4.69) is 19.2 Å². The number of phosphoric acid groups is 1. The molecule has 3 unspecified atom stereocenters. The second-order valence-corrected chi connectivity index (χ2v) is 14.2. The largest absolute Gasteiger partial charge is 0.472 e. The number of hydrogen-bond acceptors (Lipinski definition) is 6. The van der Waals surface area contributed by atoms with Crippen molar-refractivity contribution in [3.8, 4) is 0 Å². The lowest BCUT2D eigenvalue weighted by Crippen LogP contribution is -2.45. The van der Waals surface area contributed by atoms with E-state index in [4.69, 9.17) is 14.8 Å². The number of nitrogens with two attached hydrogens (primary N) is 1. The molecule has 45 heavy (non-hydrogen) atoms. The number of carbonyl (C=O) groups excluding carboxylic acids is 1. The zero-order chi connectivity index (χ0) is 33.3. The van der Waals surface area contributed by atoms with E-state index < -0.39 is 20.0 Å². The zero-order valence-corrected chi connectivity index (χ0v) is 30.3. The van der Waals surface area contributed by atoms with Crippen molar-refractivity contribution in [2.24, 2.45) is 5.73 Å². The smallest absolute Gasteiger partial charge is 0.387 e. The molecule has 8 nitrogen and oxygen atoms in total. The van der Waals surface area contributed by atoms with Crippen LogP contribution in [0.5, 0.6) is 0 Å². The highest BCUT2D eigenvalue weighted by atomic mass is 31.2. The molecule has 0 aliphatic carbocycles. The first kappa shape index (κ1) is 44.2. The lowest BCUT2D eigenvalue weighted by molar-refractivity contribution is -0.123. The molecular weight excluding hydrogens is 587 g/mol. The molecule has 0 saturated carbocycles. The molecule has 0 saturated heterocycles. The van der Waals surface area contributed by atoms with Crippen LogP contribution in [-0.4, -0.2) is 47.8 Å². The van der Waals surface area contributed by atoms with E-state index in [0.717, 1.165) is 38.5 Å². The van der Waals surface area contributed by atoms with Gasteiger partial charge in [0.2, 0.25) is 5.91 Å². The topological polar surface area (TPSA) is 131 Å². The zero-order valence-electron chi connectivity index (χ0n) is 29.4. The normalized spacial score (nSPS) is 14.5. The lowest BCUT2D eigenvalue weighted by Gasteiger charge is -2.23. The Kier molecular flexibility index (Phi) is 32.6. The van der Waals surface area contributed by atoms with Gasteiger partial charge in [0.05, 0.1) is 25.4 Å². The van der Waals surface area contributed by atoms with Crippen LogP contribution in [0.2, 0.25) is 0 Å². The maximum absolute atomic E-state index is 12.7. The Labute approximate surface area is 277 Å². The number of carbonyl (C=O) groups is 1. The summed E-state index contributed by atoms with van der Waals surface area (Å²) in [5, 5.41) is 13.6. The third-order valence-electron chi connectivity index (χ3n) is 8.36. The van der Waals surface area contributed by atoms with Gasteiger partial charge in [-0.15, -0.1) is 0 Å². The van der Waals surface area contributed by atoms with Crippen molar-refractivity contribution in [1.82, 2.24) is 5.32 Å². The molecule has 0 fully saturated rings. The number of amides is 1. The molecule has 0 aromatic carbocycles. The summed E-state index contributed by atoms with van der Waals surface area (Å²) in [6.07, 6.45) is 34.0. The van der Waals surface area contributed by atoms with Gasteiger partial charge >= 0.3 is 7.82 Å². The Bertz CT molecular complexity index is 724. The SMILES string of the molecule is CCCCCCCCCC/C=C/C(O)C(COP(=O)(O)OCCN)NC(=O)CCCCCCCCCCCCCCCCCC. The second kappa shape index (κ2) is 33.2. The highest BCUT2D eigenvalue weighted by Crippen LogP contribution is 2.43. The van der Waals surface area contributed by atoms with Gasteiger partial charge in [-0.1, -0.05) is 167 Å². The van der Waals surface area contributed by atoms with Crippen LogP contribution >= 0.6 is 7.82 Å². The fraction of sp³-hybridized carbons (Fsp3) is 0.917. The number of phosphoric ester groups is 1. The Morgan fingerprint density at radius 1 is 0.711 bits per heavy atom. The predicted molar refractivity (Wildman–Crippen MR) is 189 cm³/mol. The number of aliphatic hydroxyl groups is 1. The van der Waals surface area contributed by atoms with Crippen molar-refractivity contribution in [2.45, 2.75) is 193 Å². The number of hydrogen-bond donors (Lipinski definition) is 4. The van der Waals surface area contributed by atoms with Crippen molar-refractivity contribution in [3.63, 3.8) is 0 Å². The van der Waals surface area contributed by atoms with E-state index in [1.807, 2.05) is 6.08 Å². The minimum absolute atomic E-state index is 0.0808. The first-order chi connectivity index (χ1) is 21.9. The van der Waals surface area contributed by atoms with Gasteiger partial charge in [-0.3, -0.25) is 13.8 Å². The number of unbranched alkanes of at least 4 members (excludes halogenated alkanes) is 23. The van der Waals surface area contributed by atoms with Crippen LogP contribution in [-0.2, 0) is 18.4 Å². The van der Waals surface area contributed by atoms with Crippen LogP contribution in [0.1, 0.15) is 181 Å². The van der Waals surface area contributed by atoms with Gasteiger partial charge in [-0.2, -0.15) is 0 Å². The van der Waals surface area contributed by atoms with Crippen LogP contribution < -0.4 is 11.1 Å². The summed E-state index contributed by atoms with van der Waals surface area (Å²) in [5.74, 6) is -0.194. The Morgan fingerprint density at radius 3 is 1.58 bits per heavy atom. The fourth-order valence-corrected chi connectivity index (χ4v) is 6.24. The molecule has 5 N–H and O–H groups in total. The summed E-state index contributed by atoms with van der Waals surface area (Å²) < 4.78 is 22.0. The molecule has 268 valence electrons. The minimum atomic E-state index is -4.32. The summed E-state index contributed by atoms with van der Waals surface area (Å²) in [7, 11) is -4.32. The van der Waals surface area contributed by atoms with Crippen molar-refractivity contribution in [2.75, 3.05) is 19.8 Å². The van der Waals surface area contributed by atoms with Crippen molar-refractivity contribution >= 4 is 13.7 Å². The predicted octanol–water partition coefficient (Wildman–Crippen LogP) is 9.66. The van der Waals surface area contributed by atoms with Crippen LogP contribution in [0.4, 0.5) is 0 Å². The number of nitrogens with one attached hydrogen (secondary N) is 1. The third kappa shape index (κ3) is 31.6. The highest BCUT2D eigenvalue weighted by Gasteiger charge is 2.26. The minimum Gasteiger partial charge on any atom is -0.387 e. The van der Waals surface area contributed by atoms with E-state index in [1.54, 1.807) is 6.08 Å². The molecule has 0 heterocycles. The molecule has 9 heteroatoms. The summed E-state index contributed by atoms with van der Waals surface area (Å²) in [5.41, 5.74) is 5.35. The van der Waals surface area contributed by atoms with Crippen LogP contribution in [0.3, 0.4) is 0 Å². The Balaban J connectivity index is 4.24. The highest BCUT2D eigenvalue weighted by molar-refractivity contribution is 7.47. The van der Waals surface area contributed by atoms with Gasteiger partial charge in [0, 0.05) is 13.0 Å². The van der Waals surface area contributed by atoms with Crippen LogP contribution in [0.25, 0.3) is 0 Å². The van der Waals surface area contributed by atoms with Crippen LogP contribution in [0, 0.1) is 0 Å². The van der Waals surface area contributed by atoms with Crippen LogP contribution in [0.15, 0.2) is 12.2 Å². The molecule has 0 aliphatic heterocycles. The fourth-order valence-electron chi connectivity index (χ4n) is 5.48. The first-order valence-electron chi connectivity index (χ1n) is 18.8. The van der Waals surface area contributed by atoms with Gasteiger partial charge in [-0.05, 0) is 19.3 Å². The van der Waals surface area contributed by atoms with Crippen molar-refractivity contribution in [3.05, 3.63) is 12.2 Å². The van der Waals surface area contributed by atoms with Gasteiger partial charge in [0.15, 0.2) is 0 Å². The Morgan fingerprint density at radius 2 is 1.13 bits per heavy atom. The molecule has 3 atom stereocenters. The van der Waals surface area contributed by atoms with Gasteiger partial charge in [0.1, 0.15) is 0 Å². The molecule has 0 aromatic heterocycles. The summed E-state index contributed by atoms with van der Waals surface area (Å²) in [4.78, 5) is 22.5.